The van der Waals surface area contributed by atoms with Crippen molar-refractivity contribution in [1.82, 2.24) is 14.9 Å². The van der Waals surface area contributed by atoms with Crippen LogP contribution in [0.3, 0.4) is 0 Å². The van der Waals surface area contributed by atoms with Crippen molar-refractivity contribution < 1.29 is 18.0 Å². The molecule has 1 aromatic rings. The van der Waals surface area contributed by atoms with Crippen molar-refractivity contribution in [3.8, 4) is 0 Å². The first kappa shape index (κ1) is 22.4. The normalized spacial score (nSPS) is 12.5. The Labute approximate surface area is 160 Å². The Balaban J connectivity index is 2.81. The van der Waals surface area contributed by atoms with Crippen LogP contribution in [-0.2, 0) is 19.6 Å². The predicted octanol–water partition coefficient (Wildman–Crippen LogP) is 1.77. The van der Waals surface area contributed by atoms with E-state index < -0.39 is 22.0 Å². The minimum atomic E-state index is -3.87. The van der Waals surface area contributed by atoms with Gasteiger partial charge in [0, 0.05) is 18.1 Å². The van der Waals surface area contributed by atoms with Crippen LogP contribution in [0.1, 0.15) is 33.6 Å². The Morgan fingerprint density at radius 2 is 1.77 bits per heavy atom. The van der Waals surface area contributed by atoms with Crippen molar-refractivity contribution in [1.29, 1.82) is 0 Å². The highest BCUT2D eigenvalue weighted by atomic mass is 35.5. The molecule has 0 saturated heterocycles. The van der Waals surface area contributed by atoms with Crippen LogP contribution in [-0.4, -0.2) is 50.8 Å². The number of hydrogen-bond donors (Lipinski definition) is 2. The van der Waals surface area contributed by atoms with E-state index in [1.54, 1.807) is 0 Å². The van der Waals surface area contributed by atoms with Crippen molar-refractivity contribution >= 4 is 33.4 Å². The molecular formula is C17H26ClN3O4S. The average molecular weight is 404 g/mol. The van der Waals surface area contributed by atoms with E-state index >= 15 is 0 Å². The lowest BCUT2D eigenvalue weighted by molar-refractivity contribution is -0.137. The first-order chi connectivity index (χ1) is 12.2. The van der Waals surface area contributed by atoms with Crippen molar-refractivity contribution in [3.05, 3.63) is 29.3 Å². The fourth-order valence-corrected chi connectivity index (χ4v) is 3.59. The van der Waals surface area contributed by atoms with Crippen LogP contribution in [0.4, 0.5) is 0 Å². The molecule has 146 valence electrons. The summed E-state index contributed by atoms with van der Waals surface area (Å²) in [6, 6.07) is 4.66. The molecule has 0 fully saturated rings. The molecule has 26 heavy (non-hydrogen) atoms. The average Bonchev–Trinajstić information content (AvgIpc) is 2.58. The Kier molecular flexibility index (Phi) is 9.04. The van der Waals surface area contributed by atoms with Crippen LogP contribution >= 0.6 is 11.6 Å². The first-order valence-electron chi connectivity index (χ1n) is 8.54. The molecule has 0 heterocycles. The molecule has 1 atom stereocenters. The van der Waals surface area contributed by atoms with Gasteiger partial charge in [-0.25, -0.2) is 8.42 Å². The van der Waals surface area contributed by atoms with Gasteiger partial charge >= 0.3 is 0 Å². The molecule has 0 unspecified atom stereocenters. The van der Waals surface area contributed by atoms with Gasteiger partial charge in [0.05, 0.1) is 17.5 Å². The van der Waals surface area contributed by atoms with Gasteiger partial charge in [-0.1, -0.05) is 25.4 Å². The van der Waals surface area contributed by atoms with Crippen molar-refractivity contribution in [2.75, 3.05) is 19.6 Å². The molecule has 0 spiro atoms. The largest absolute Gasteiger partial charge is 0.355 e. The SMILES string of the molecule is CCCNC(=O)CN(CCC)C(=O)[C@H](C)NS(=O)(=O)c1ccc(Cl)cc1. The fraction of sp³-hybridized carbons (Fsp3) is 0.529. The third-order valence-corrected chi connectivity index (χ3v) is 5.35. The lowest BCUT2D eigenvalue weighted by atomic mass is 10.2. The molecule has 0 bridgehead atoms. The molecule has 0 aliphatic carbocycles. The summed E-state index contributed by atoms with van der Waals surface area (Å²) >= 11 is 5.76. The maximum absolute atomic E-state index is 12.6. The quantitative estimate of drug-likeness (QED) is 0.622. The molecule has 1 aromatic carbocycles. The summed E-state index contributed by atoms with van der Waals surface area (Å²) in [5.41, 5.74) is 0. The third kappa shape index (κ3) is 6.93. The number of carbonyl (C=O) groups is 2. The number of carbonyl (C=O) groups excluding carboxylic acids is 2. The standard InChI is InChI=1S/C17H26ClN3O4S/c1-4-10-19-16(22)12-21(11-5-2)17(23)13(3)20-26(24,25)15-8-6-14(18)7-9-15/h6-9,13,20H,4-5,10-12H2,1-3H3,(H,19,22)/t13-/m0/s1. The summed E-state index contributed by atoms with van der Waals surface area (Å²) in [6.45, 7) is 6.08. The topological polar surface area (TPSA) is 95.6 Å². The molecule has 0 aliphatic rings. The highest BCUT2D eigenvalue weighted by molar-refractivity contribution is 7.89. The van der Waals surface area contributed by atoms with E-state index in [9.17, 15) is 18.0 Å². The molecule has 2 amide bonds. The Bertz CT molecular complexity index is 707. The summed E-state index contributed by atoms with van der Waals surface area (Å²) in [5, 5.41) is 3.13. The van der Waals surface area contributed by atoms with Gasteiger partial charge in [0.15, 0.2) is 0 Å². The number of nitrogens with zero attached hydrogens (tertiary/aromatic N) is 1. The van der Waals surface area contributed by atoms with Gasteiger partial charge in [0.1, 0.15) is 0 Å². The van der Waals surface area contributed by atoms with Crippen LogP contribution in [0.25, 0.3) is 0 Å². The van der Waals surface area contributed by atoms with Crippen LogP contribution in [0.2, 0.25) is 5.02 Å². The van der Waals surface area contributed by atoms with Crippen molar-refractivity contribution in [2.24, 2.45) is 0 Å². The van der Waals surface area contributed by atoms with E-state index in [4.69, 9.17) is 11.6 Å². The number of amides is 2. The molecule has 1 rings (SSSR count). The zero-order chi connectivity index (χ0) is 19.7. The van der Waals surface area contributed by atoms with Crippen molar-refractivity contribution in [3.63, 3.8) is 0 Å². The highest BCUT2D eigenvalue weighted by Gasteiger charge is 2.26. The number of sulfonamides is 1. The van der Waals surface area contributed by atoms with Gasteiger partial charge < -0.3 is 10.2 Å². The maximum Gasteiger partial charge on any atom is 0.241 e. The van der Waals surface area contributed by atoms with Crippen LogP contribution in [0.15, 0.2) is 29.2 Å². The van der Waals surface area contributed by atoms with Gasteiger partial charge in [-0.15, -0.1) is 0 Å². The summed E-state index contributed by atoms with van der Waals surface area (Å²) in [5.74, 6) is -0.711. The van der Waals surface area contributed by atoms with Crippen molar-refractivity contribution in [2.45, 2.75) is 44.6 Å². The summed E-state index contributed by atoms with van der Waals surface area (Å²) in [4.78, 5) is 25.9. The lowest BCUT2D eigenvalue weighted by Crippen LogP contribution is -2.50. The summed E-state index contributed by atoms with van der Waals surface area (Å²) in [7, 11) is -3.87. The zero-order valence-electron chi connectivity index (χ0n) is 15.3. The molecule has 0 aliphatic heterocycles. The number of rotatable bonds is 10. The van der Waals surface area contributed by atoms with Crippen LogP contribution in [0.5, 0.6) is 0 Å². The number of halogens is 1. The van der Waals surface area contributed by atoms with Gasteiger partial charge in [0.2, 0.25) is 21.8 Å². The Hall–Kier alpha value is -1.64. The van der Waals surface area contributed by atoms with E-state index in [0.717, 1.165) is 6.42 Å². The molecule has 9 heteroatoms. The minimum Gasteiger partial charge on any atom is -0.355 e. The predicted molar refractivity (Wildman–Crippen MR) is 101 cm³/mol. The second kappa shape index (κ2) is 10.5. The second-order valence-corrected chi connectivity index (χ2v) is 8.06. The lowest BCUT2D eigenvalue weighted by Gasteiger charge is -2.25. The minimum absolute atomic E-state index is 0.0179. The third-order valence-electron chi connectivity index (χ3n) is 3.54. The Morgan fingerprint density at radius 1 is 1.15 bits per heavy atom. The molecule has 0 aromatic heterocycles. The Morgan fingerprint density at radius 3 is 2.31 bits per heavy atom. The molecule has 2 N–H and O–H groups in total. The van der Waals surface area contributed by atoms with E-state index in [2.05, 4.69) is 10.0 Å². The van der Waals surface area contributed by atoms with Gasteiger partial charge in [0.25, 0.3) is 0 Å². The molecule has 0 radical (unpaired) electrons. The molecular weight excluding hydrogens is 378 g/mol. The fourth-order valence-electron chi connectivity index (χ4n) is 2.27. The highest BCUT2D eigenvalue weighted by Crippen LogP contribution is 2.14. The number of nitrogens with one attached hydrogen (secondary N) is 2. The summed E-state index contributed by atoms with van der Waals surface area (Å²) < 4.78 is 27.1. The molecule has 7 nitrogen and oxygen atoms in total. The van der Waals surface area contributed by atoms with Gasteiger partial charge in [-0.2, -0.15) is 4.72 Å². The molecule has 0 saturated carbocycles. The van der Waals surface area contributed by atoms with E-state index in [1.165, 1.54) is 36.1 Å². The second-order valence-electron chi connectivity index (χ2n) is 5.91. The van der Waals surface area contributed by atoms with Crippen LogP contribution in [0, 0.1) is 0 Å². The number of benzene rings is 1. The smallest absolute Gasteiger partial charge is 0.241 e. The monoisotopic (exact) mass is 403 g/mol. The van der Waals surface area contributed by atoms with E-state index in [-0.39, 0.29) is 17.3 Å². The zero-order valence-corrected chi connectivity index (χ0v) is 16.9. The first-order valence-corrected chi connectivity index (χ1v) is 10.4. The number of hydrogen-bond acceptors (Lipinski definition) is 4. The van der Waals surface area contributed by atoms with Crippen LogP contribution < -0.4 is 10.0 Å². The van der Waals surface area contributed by atoms with Gasteiger partial charge in [-0.3, -0.25) is 9.59 Å². The van der Waals surface area contributed by atoms with E-state index in [1.807, 2.05) is 13.8 Å². The summed E-state index contributed by atoms with van der Waals surface area (Å²) in [6.07, 6.45) is 1.45. The van der Waals surface area contributed by atoms with E-state index in [0.29, 0.717) is 24.5 Å². The maximum atomic E-state index is 12.6. The van der Waals surface area contributed by atoms with Gasteiger partial charge in [-0.05, 0) is 44.0 Å².